The molecular weight excluding hydrogens is 367 g/mol. The lowest BCUT2D eigenvalue weighted by Crippen LogP contribution is -2.29. The SMILES string of the molecule is O=S1(=O)CC[C@@H](NCc2cccc(Oc3cccc(C(F)(F)F)c3)c2)C1. The van der Waals surface area contributed by atoms with Crippen LogP contribution < -0.4 is 10.1 Å². The normalized spacial score (nSPS) is 19.4. The number of halogens is 3. The van der Waals surface area contributed by atoms with Crippen molar-refractivity contribution in [3.05, 3.63) is 59.7 Å². The summed E-state index contributed by atoms with van der Waals surface area (Å²) in [7, 11) is -2.94. The van der Waals surface area contributed by atoms with Gasteiger partial charge >= 0.3 is 6.18 Å². The highest BCUT2D eigenvalue weighted by Crippen LogP contribution is 2.32. The van der Waals surface area contributed by atoms with Crippen LogP contribution in [0.3, 0.4) is 0 Å². The molecule has 140 valence electrons. The molecule has 0 bridgehead atoms. The monoisotopic (exact) mass is 385 g/mol. The van der Waals surface area contributed by atoms with E-state index in [1.165, 1.54) is 12.1 Å². The van der Waals surface area contributed by atoms with Crippen molar-refractivity contribution in [2.24, 2.45) is 0 Å². The molecule has 1 heterocycles. The first-order chi connectivity index (χ1) is 12.2. The lowest BCUT2D eigenvalue weighted by molar-refractivity contribution is -0.137. The Labute approximate surface area is 149 Å². The molecule has 0 aliphatic carbocycles. The fourth-order valence-electron chi connectivity index (χ4n) is 2.81. The second-order valence-electron chi connectivity index (χ2n) is 6.26. The molecule has 0 spiro atoms. The standard InChI is InChI=1S/C18H18F3NO3S/c19-18(20,21)14-4-2-6-17(10-14)25-16-5-1-3-13(9-16)11-22-15-7-8-26(23,24)12-15/h1-6,9-10,15,22H,7-8,11-12H2/t15-/m1/s1. The van der Waals surface area contributed by atoms with Crippen molar-refractivity contribution in [2.45, 2.75) is 25.2 Å². The van der Waals surface area contributed by atoms with Crippen LogP contribution in [-0.2, 0) is 22.6 Å². The Bertz CT molecular complexity index is 881. The zero-order chi connectivity index (χ0) is 18.8. The molecule has 1 fully saturated rings. The molecule has 1 aliphatic rings. The molecule has 1 N–H and O–H groups in total. The summed E-state index contributed by atoms with van der Waals surface area (Å²) in [6.07, 6.45) is -3.84. The second kappa shape index (κ2) is 7.28. The van der Waals surface area contributed by atoms with Crippen molar-refractivity contribution >= 4 is 9.84 Å². The number of alkyl halides is 3. The Hall–Kier alpha value is -2.06. The largest absolute Gasteiger partial charge is 0.457 e. The Morgan fingerprint density at radius 2 is 1.77 bits per heavy atom. The van der Waals surface area contributed by atoms with E-state index < -0.39 is 21.6 Å². The lowest BCUT2D eigenvalue weighted by Gasteiger charge is -2.13. The van der Waals surface area contributed by atoms with Gasteiger partial charge in [-0.05, 0) is 42.3 Å². The van der Waals surface area contributed by atoms with Crippen LogP contribution in [0.25, 0.3) is 0 Å². The molecule has 2 aromatic rings. The van der Waals surface area contributed by atoms with Crippen LogP contribution >= 0.6 is 0 Å². The first kappa shape index (κ1) is 18.7. The Morgan fingerprint density at radius 1 is 1.08 bits per heavy atom. The van der Waals surface area contributed by atoms with Gasteiger partial charge in [0.2, 0.25) is 0 Å². The number of hydrogen-bond acceptors (Lipinski definition) is 4. The summed E-state index contributed by atoms with van der Waals surface area (Å²) in [6.45, 7) is 0.458. The van der Waals surface area contributed by atoms with Crippen molar-refractivity contribution in [1.29, 1.82) is 0 Å². The number of sulfone groups is 1. The van der Waals surface area contributed by atoms with Gasteiger partial charge in [0.1, 0.15) is 11.5 Å². The molecule has 26 heavy (non-hydrogen) atoms. The van der Waals surface area contributed by atoms with Crippen LogP contribution in [0.1, 0.15) is 17.5 Å². The van der Waals surface area contributed by atoms with Gasteiger partial charge in [0, 0.05) is 12.6 Å². The first-order valence-electron chi connectivity index (χ1n) is 8.09. The van der Waals surface area contributed by atoms with Gasteiger partial charge in [0.25, 0.3) is 0 Å². The molecule has 1 aliphatic heterocycles. The van der Waals surface area contributed by atoms with E-state index in [2.05, 4.69) is 5.32 Å². The number of benzene rings is 2. The van der Waals surface area contributed by atoms with Crippen LogP contribution in [0, 0.1) is 0 Å². The van der Waals surface area contributed by atoms with Gasteiger partial charge in [-0.15, -0.1) is 0 Å². The first-order valence-corrected chi connectivity index (χ1v) is 9.91. The van der Waals surface area contributed by atoms with Gasteiger partial charge in [-0.2, -0.15) is 13.2 Å². The minimum absolute atomic E-state index is 0.0759. The fourth-order valence-corrected chi connectivity index (χ4v) is 4.52. The van der Waals surface area contributed by atoms with Gasteiger partial charge in [-0.25, -0.2) is 8.42 Å². The highest BCUT2D eigenvalue weighted by molar-refractivity contribution is 7.91. The summed E-state index contributed by atoms with van der Waals surface area (Å²) in [4.78, 5) is 0. The Morgan fingerprint density at radius 3 is 2.42 bits per heavy atom. The number of rotatable bonds is 5. The van der Waals surface area contributed by atoms with E-state index >= 15 is 0 Å². The van der Waals surface area contributed by atoms with E-state index in [0.717, 1.165) is 17.7 Å². The van der Waals surface area contributed by atoms with Crippen LogP contribution in [-0.4, -0.2) is 26.0 Å². The summed E-state index contributed by atoms with van der Waals surface area (Å²) in [5.41, 5.74) is 0.0917. The van der Waals surface area contributed by atoms with E-state index in [9.17, 15) is 21.6 Å². The molecule has 0 aromatic heterocycles. The molecule has 1 atom stereocenters. The average molecular weight is 385 g/mol. The third kappa shape index (κ3) is 4.98. The van der Waals surface area contributed by atoms with Crippen molar-refractivity contribution in [3.8, 4) is 11.5 Å². The summed E-state index contributed by atoms with van der Waals surface area (Å²) >= 11 is 0. The number of ether oxygens (including phenoxy) is 1. The summed E-state index contributed by atoms with van der Waals surface area (Å²) < 4.78 is 66.8. The van der Waals surface area contributed by atoms with Gasteiger partial charge in [-0.1, -0.05) is 18.2 Å². The summed E-state index contributed by atoms with van der Waals surface area (Å²) in [5, 5.41) is 3.19. The predicted molar refractivity (Wildman–Crippen MR) is 91.9 cm³/mol. The number of nitrogens with one attached hydrogen (secondary N) is 1. The molecule has 0 radical (unpaired) electrons. The van der Waals surface area contributed by atoms with Crippen LogP contribution in [0.15, 0.2) is 48.5 Å². The lowest BCUT2D eigenvalue weighted by atomic mass is 10.2. The topological polar surface area (TPSA) is 55.4 Å². The van der Waals surface area contributed by atoms with Gasteiger partial charge in [-0.3, -0.25) is 0 Å². The molecule has 1 saturated heterocycles. The van der Waals surface area contributed by atoms with Crippen molar-refractivity contribution in [1.82, 2.24) is 5.32 Å². The predicted octanol–water partition coefficient (Wildman–Crippen LogP) is 3.77. The van der Waals surface area contributed by atoms with Crippen LogP contribution in [0.4, 0.5) is 13.2 Å². The summed E-state index contributed by atoms with van der Waals surface area (Å²) in [5.74, 6) is 0.853. The van der Waals surface area contributed by atoms with Crippen molar-refractivity contribution < 1.29 is 26.3 Å². The quantitative estimate of drug-likeness (QED) is 0.851. The third-order valence-corrected chi connectivity index (χ3v) is 5.89. The minimum Gasteiger partial charge on any atom is -0.457 e. The van der Waals surface area contributed by atoms with E-state index in [1.54, 1.807) is 18.2 Å². The summed E-state index contributed by atoms with van der Waals surface area (Å²) in [6, 6.07) is 11.6. The third-order valence-electron chi connectivity index (χ3n) is 4.12. The average Bonchev–Trinajstić information content (AvgIpc) is 2.92. The maximum atomic E-state index is 12.8. The molecule has 0 amide bonds. The van der Waals surface area contributed by atoms with Crippen molar-refractivity contribution in [3.63, 3.8) is 0 Å². The van der Waals surface area contributed by atoms with Gasteiger partial charge in [0.05, 0.1) is 17.1 Å². The van der Waals surface area contributed by atoms with Gasteiger partial charge in [0.15, 0.2) is 9.84 Å². The molecule has 8 heteroatoms. The van der Waals surface area contributed by atoms with E-state index in [0.29, 0.717) is 18.7 Å². The zero-order valence-corrected chi connectivity index (χ0v) is 14.6. The van der Waals surface area contributed by atoms with Gasteiger partial charge < -0.3 is 10.1 Å². The van der Waals surface area contributed by atoms with E-state index in [1.807, 2.05) is 6.07 Å². The minimum atomic E-state index is -4.42. The Balaban J connectivity index is 1.64. The van der Waals surface area contributed by atoms with Crippen LogP contribution in [0.5, 0.6) is 11.5 Å². The maximum Gasteiger partial charge on any atom is 0.416 e. The molecule has 4 nitrogen and oxygen atoms in total. The van der Waals surface area contributed by atoms with E-state index in [4.69, 9.17) is 4.74 Å². The highest BCUT2D eigenvalue weighted by Gasteiger charge is 2.30. The highest BCUT2D eigenvalue weighted by atomic mass is 32.2. The molecule has 3 rings (SSSR count). The second-order valence-corrected chi connectivity index (χ2v) is 8.48. The van der Waals surface area contributed by atoms with Crippen molar-refractivity contribution in [2.75, 3.05) is 11.5 Å². The Kier molecular flexibility index (Phi) is 5.24. The fraction of sp³-hybridized carbons (Fsp3) is 0.333. The van der Waals surface area contributed by atoms with Crippen LogP contribution in [0.2, 0.25) is 0 Å². The molecule has 0 saturated carbocycles. The maximum absolute atomic E-state index is 12.8. The van der Waals surface area contributed by atoms with E-state index in [-0.39, 0.29) is 23.3 Å². The molecule has 2 aromatic carbocycles. The molecular formula is C18H18F3NO3S. The smallest absolute Gasteiger partial charge is 0.416 e. The molecule has 0 unspecified atom stereocenters. The number of hydrogen-bond donors (Lipinski definition) is 1. The zero-order valence-electron chi connectivity index (χ0n) is 13.8.